The van der Waals surface area contributed by atoms with Crippen LogP contribution in [0, 0.1) is 0 Å². The van der Waals surface area contributed by atoms with Crippen molar-refractivity contribution < 1.29 is 5.11 Å². The fraction of sp³-hybridized carbons (Fsp3) is 0.750. The Morgan fingerprint density at radius 3 is 2.81 bits per heavy atom. The summed E-state index contributed by atoms with van der Waals surface area (Å²) in [4.78, 5) is 8.51. The third-order valence-electron chi connectivity index (χ3n) is 3.54. The number of β-amino-alcohol motifs (C(OH)–C–C–N with tert-alkyl or cyclic N) is 1. The zero-order chi connectivity index (χ0) is 11.6. The van der Waals surface area contributed by atoms with Crippen molar-refractivity contribution >= 4 is 6.34 Å². The highest BCUT2D eigenvalue weighted by atomic mass is 16.3. The zero-order valence-corrected chi connectivity index (χ0v) is 10.0. The van der Waals surface area contributed by atoms with Crippen LogP contribution in [-0.2, 0) is 0 Å². The van der Waals surface area contributed by atoms with E-state index in [9.17, 15) is 5.11 Å². The smallest absolute Gasteiger partial charge is 0.0892 e. The first-order chi connectivity index (χ1) is 7.59. The first-order valence-electron chi connectivity index (χ1n) is 5.94. The van der Waals surface area contributed by atoms with Crippen molar-refractivity contribution in [1.82, 2.24) is 9.80 Å². The third kappa shape index (κ3) is 2.62. The predicted octanol–water partition coefficient (Wildman–Crippen LogP) is 0.691. The molecule has 0 aromatic heterocycles. The van der Waals surface area contributed by atoms with Crippen molar-refractivity contribution in [1.29, 1.82) is 0 Å². The van der Waals surface area contributed by atoms with E-state index in [1.807, 2.05) is 11.2 Å². The number of aliphatic hydroxyl groups is 1. The molecule has 0 radical (unpaired) electrons. The van der Waals surface area contributed by atoms with E-state index >= 15 is 0 Å². The van der Waals surface area contributed by atoms with Gasteiger partial charge in [0, 0.05) is 31.8 Å². The van der Waals surface area contributed by atoms with Gasteiger partial charge in [-0.05, 0) is 19.9 Å². The summed E-state index contributed by atoms with van der Waals surface area (Å²) in [5.74, 6) is 0. The average molecular weight is 223 g/mol. The van der Waals surface area contributed by atoms with Crippen molar-refractivity contribution in [3.8, 4) is 0 Å². The lowest BCUT2D eigenvalue weighted by Crippen LogP contribution is -2.50. The molecular weight excluding hydrogens is 202 g/mol. The van der Waals surface area contributed by atoms with Gasteiger partial charge in [-0.1, -0.05) is 6.58 Å². The summed E-state index contributed by atoms with van der Waals surface area (Å²) in [7, 11) is 2.10. The summed E-state index contributed by atoms with van der Waals surface area (Å²) in [6.07, 6.45) is 4.40. The molecule has 0 aliphatic carbocycles. The highest BCUT2D eigenvalue weighted by Gasteiger charge is 2.33. The fourth-order valence-corrected chi connectivity index (χ4v) is 2.24. The molecule has 0 aromatic carbocycles. The Labute approximate surface area is 97.3 Å². The molecule has 2 heterocycles. The van der Waals surface area contributed by atoms with Gasteiger partial charge in [0.2, 0.25) is 0 Å². The minimum absolute atomic E-state index is 0.571. The minimum Gasteiger partial charge on any atom is -0.388 e. The van der Waals surface area contributed by atoms with Crippen molar-refractivity contribution in [2.45, 2.75) is 24.9 Å². The molecule has 1 fully saturated rings. The lowest BCUT2D eigenvalue weighted by molar-refractivity contribution is -0.0257. The molecule has 4 heteroatoms. The molecule has 4 nitrogen and oxygen atoms in total. The van der Waals surface area contributed by atoms with Gasteiger partial charge in [0.1, 0.15) is 0 Å². The normalized spacial score (nSPS) is 26.1. The van der Waals surface area contributed by atoms with E-state index in [0.29, 0.717) is 6.54 Å². The maximum absolute atomic E-state index is 10.5. The number of nitrogens with zero attached hydrogens (tertiary/aromatic N) is 3. The second-order valence-corrected chi connectivity index (χ2v) is 4.99. The monoisotopic (exact) mass is 223 g/mol. The molecule has 16 heavy (non-hydrogen) atoms. The van der Waals surface area contributed by atoms with E-state index in [1.54, 1.807) is 0 Å². The molecule has 0 amide bonds. The first-order valence-corrected chi connectivity index (χ1v) is 5.94. The van der Waals surface area contributed by atoms with Gasteiger partial charge in [-0.15, -0.1) is 0 Å². The molecule has 0 atom stereocenters. The zero-order valence-electron chi connectivity index (χ0n) is 10.0. The summed E-state index contributed by atoms with van der Waals surface area (Å²) >= 11 is 0. The SMILES string of the molecule is C=C1CCN=CN1CC1(O)CCN(C)CC1. The molecule has 0 saturated carbocycles. The largest absolute Gasteiger partial charge is 0.388 e. The lowest BCUT2D eigenvalue weighted by Gasteiger charge is -2.40. The summed E-state index contributed by atoms with van der Waals surface area (Å²) in [5, 5.41) is 10.5. The Morgan fingerprint density at radius 2 is 2.19 bits per heavy atom. The van der Waals surface area contributed by atoms with Crippen LogP contribution in [0.2, 0.25) is 0 Å². The number of hydrogen-bond acceptors (Lipinski definition) is 4. The minimum atomic E-state index is -0.571. The van der Waals surface area contributed by atoms with Gasteiger partial charge in [-0.2, -0.15) is 0 Å². The van der Waals surface area contributed by atoms with Crippen LogP contribution < -0.4 is 0 Å². The van der Waals surface area contributed by atoms with E-state index in [1.165, 1.54) is 0 Å². The summed E-state index contributed by atoms with van der Waals surface area (Å²) < 4.78 is 0. The molecule has 0 spiro atoms. The van der Waals surface area contributed by atoms with Crippen molar-refractivity contribution in [3.63, 3.8) is 0 Å². The Balaban J connectivity index is 1.95. The predicted molar refractivity (Wildman–Crippen MR) is 65.5 cm³/mol. The van der Waals surface area contributed by atoms with Gasteiger partial charge in [-0.25, -0.2) is 0 Å². The van der Waals surface area contributed by atoms with Crippen LogP contribution in [-0.4, -0.2) is 60.1 Å². The molecule has 1 N–H and O–H groups in total. The molecule has 1 saturated heterocycles. The summed E-state index contributed by atoms with van der Waals surface area (Å²) in [6.45, 7) is 7.42. The maximum atomic E-state index is 10.5. The summed E-state index contributed by atoms with van der Waals surface area (Å²) in [5.41, 5.74) is 0.501. The van der Waals surface area contributed by atoms with Gasteiger partial charge in [0.05, 0.1) is 18.5 Å². The van der Waals surface area contributed by atoms with Crippen molar-refractivity contribution in [2.75, 3.05) is 33.2 Å². The number of piperidine rings is 1. The molecule has 2 aliphatic heterocycles. The molecule has 90 valence electrons. The first kappa shape index (κ1) is 11.6. The Morgan fingerprint density at radius 1 is 1.50 bits per heavy atom. The van der Waals surface area contributed by atoms with E-state index in [-0.39, 0.29) is 0 Å². The van der Waals surface area contributed by atoms with Gasteiger partial charge in [0.25, 0.3) is 0 Å². The van der Waals surface area contributed by atoms with Crippen LogP contribution >= 0.6 is 0 Å². The van der Waals surface area contributed by atoms with Gasteiger partial charge in [-0.3, -0.25) is 4.99 Å². The number of rotatable bonds is 2. The fourth-order valence-electron chi connectivity index (χ4n) is 2.24. The Bertz CT molecular complexity index is 293. The molecule has 2 rings (SSSR count). The standard InChI is InChI=1S/C12H21N3O/c1-11-3-6-13-10-15(11)9-12(16)4-7-14(2)8-5-12/h10,16H,1,3-9H2,2H3. The van der Waals surface area contributed by atoms with Crippen molar-refractivity contribution in [2.24, 2.45) is 4.99 Å². The van der Waals surface area contributed by atoms with Crippen LogP contribution in [0.3, 0.4) is 0 Å². The highest BCUT2D eigenvalue weighted by molar-refractivity contribution is 5.59. The molecular formula is C12H21N3O. The lowest BCUT2D eigenvalue weighted by atomic mass is 9.91. The van der Waals surface area contributed by atoms with Crippen LogP contribution in [0.5, 0.6) is 0 Å². The average Bonchev–Trinajstić information content (AvgIpc) is 2.27. The highest BCUT2D eigenvalue weighted by Crippen LogP contribution is 2.24. The van der Waals surface area contributed by atoms with Gasteiger partial charge < -0.3 is 14.9 Å². The third-order valence-corrected chi connectivity index (χ3v) is 3.54. The van der Waals surface area contributed by atoms with Crippen LogP contribution in [0.4, 0.5) is 0 Å². The topological polar surface area (TPSA) is 39.1 Å². The molecule has 0 unspecified atom stereocenters. The maximum Gasteiger partial charge on any atom is 0.0892 e. The molecule has 0 aromatic rings. The van der Waals surface area contributed by atoms with Crippen LogP contribution in [0.15, 0.2) is 17.3 Å². The molecule has 2 aliphatic rings. The summed E-state index contributed by atoms with van der Waals surface area (Å²) in [6, 6.07) is 0. The number of likely N-dealkylation sites (tertiary alicyclic amines) is 1. The number of aliphatic imine (C=N–C) groups is 1. The van der Waals surface area contributed by atoms with E-state index in [0.717, 1.165) is 44.6 Å². The van der Waals surface area contributed by atoms with Gasteiger partial charge in [0.15, 0.2) is 0 Å². The second kappa shape index (κ2) is 4.55. The molecule has 0 bridgehead atoms. The van der Waals surface area contributed by atoms with Gasteiger partial charge >= 0.3 is 0 Å². The quantitative estimate of drug-likeness (QED) is 0.748. The van der Waals surface area contributed by atoms with E-state index in [4.69, 9.17) is 0 Å². The Hall–Kier alpha value is -0.870. The van der Waals surface area contributed by atoms with Crippen LogP contribution in [0.25, 0.3) is 0 Å². The van der Waals surface area contributed by atoms with E-state index < -0.39 is 5.60 Å². The van der Waals surface area contributed by atoms with Crippen LogP contribution in [0.1, 0.15) is 19.3 Å². The van der Waals surface area contributed by atoms with Crippen molar-refractivity contribution in [3.05, 3.63) is 12.3 Å². The second-order valence-electron chi connectivity index (χ2n) is 4.99. The number of hydrogen-bond donors (Lipinski definition) is 1. The van der Waals surface area contributed by atoms with E-state index in [2.05, 4.69) is 23.5 Å². The Kier molecular flexibility index (Phi) is 3.30.